The molecule has 102 valence electrons. The Hall–Kier alpha value is -1.62. The summed E-state index contributed by atoms with van der Waals surface area (Å²) in [7, 11) is 0. The molecule has 0 saturated carbocycles. The van der Waals surface area contributed by atoms with Gasteiger partial charge < -0.3 is 10.2 Å². The van der Waals surface area contributed by atoms with Crippen LogP contribution in [0.15, 0.2) is 24.5 Å². The van der Waals surface area contributed by atoms with Gasteiger partial charge in [-0.05, 0) is 37.9 Å². The van der Waals surface area contributed by atoms with Crippen LogP contribution in [0.2, 0.25) is 0 Å². The molecule has 1 N–H and O–H groups in total. The summed E-state index contributed by atoms with van der Waals surface area (Å²) in [6.45, 7) is 6.54. The minimum absolute atomic E-state index is 0.733. The highest BCUT2D eigenvalue weighted by molar-refractivity contribution is 5.47. The molecule has 0 spiro atoms. The third-order valence-electron chi connectivity index (χ3n) is 3.77. The van der Waals surface area contributed by atoms with Crippen molar-refractivity contribution in [2.75, 3.05) is 31.1 Å². The predicted molar refractivity (Wildman–Crippen MR) is 76.5 cm³/mol. The van der Waals surface area contributed by atoms with Gasteiger partial charge in [0.25, 0.3) is 0 Å². The van der Waals surface area contributed by atoms with Crippen LogP contribution in [0.25, 0.3) is 5.65 Å². The van der Waals surface area contributed by atoms with E-state index in [9.17, 15) is 0 Å². The van der Waals surface area contributed by atoms with Crippen LogP contribution in [0.1, 0.15) is 19.8 Å². The van der Waals surface area contributed by atoms with Gasteiger partial charge in [0.2, 0.25) is 0 Å². The van der Waals surface area contributed by atoms with E-state index in [1.54, 1.807) is 6.20 Å². The molecule has 1 aliphatic heterocycles. The number of nitrogens with zero attached hydrogens (tertiary/aromatic N) is 4. The standard InChI is InChI=1S/C14H21N5/c1-2-15-10-12-4-3-8-18(11-12)13-6-9-19-14(17-13)5-7-16-19/h5-7,9,12,15H,2-4,8,10-11H2,1H3. The fourth-order valence-corrected chi connectivity index (χ4v) is 2.77. The fraction of sp³-hybridized carbons (Fsp3) is 0.571. The first-order valence-corrected chi connectivity index (χ1v) is 7.13. The van der Waals surface area contributed by atoms with Crippen LogP contribution in [0.5, 0.6) is 0 Å². The van der Waals surface area contributed by atoms with E-state index in [1.807, 2.05) is 16.8 Å². The molecule has 2 aromatic heterocycles. The molecule has 1 saturated heterocycles. The lowest BCUT2D eigenvalue weighted by Gasteiger charge is -2.33. The summed E-state index contributed by atoms with van der Waals surface area (Å²) in [4.78, 5) is 7.08. The molecule has 2 aromatic rings. The summed E-state index contributed by atoms with van der Waals surface area (Å²) in [5.74, 6) is 1.81. The summed E-state index contributed by atoms with van der Waals surface area (Å²) in [5.41, 5.74) is 0.923. The topological polar surface area (TPSA) is 45.5 Å². The van der Waals surface area contributed by atoms with Crippen molar-refractivity contribution in [3.63, 3.8) is 0 Å². The number of anilines is 1. The highest BCUT2D eigenvalue weighted by Crippen LogP contribution is 2.21. The van der Waals surface area contributed by atoms with Crippen molar-refractivity contribution in [1.29, 1.82) is 0 Å². The van der Waals surface area contributed by atoms with Crippen LogP contribution in [0.4, 0.5) is 5.82 Å². The maximum Gasteiger partial charge on any atom is 0.157 e. The molecule has 1 aliphatic rings. The van der Waals surface area contributed by atoms with Crippen molar-refractivity contribution in [1.82, 2.24) is 19.9 Å². The van der Waals surface area contributed by atoms with Gasteiger partial charge in [-0.1, -0.05) is 6.92 Å². The Bertz CT molecular complexity index is 535. The van der Waals surface area contributed by atoms with Gasteiger partial charge in [-0.25, -0.2) is 9.50 Å². The van der Waals surface area contributed by atoms with Gasteiger partial charge in [-0.15, -0.1) is 0 Å². The van der Waals surface area contributed by atoms with Crippen molar-refractivity contribution < 1.29 is 0 Å². The molecule has 3 rings (SSSR count). The average molecular weight is 259 g/mol. The molecule has 0 bridgehead atoms. The fourth-order valence-electron chi connectivity index (χ4n) is 2.77. The van der Waals surface area contributed by atoms with Crippen LogP contribution in [-0.4, -0.2) is 40.8 Å². The SMILES string of the molecule is CCNCC1CCCN(c2ccn3nccc3n2)C1. The van der Waals surface area contributed by atoms with Crippen LogP contribution in [0, 0.1) is 5.92 Å². The second kappa shape index (κ2) is 5.57. The Kier molecular flexibility index (Phi) is 3.64. The van der Waals surface area contributed by atoms with Gasteiger partial charge in [0, 0.05) is 25.4 Å². The van der Waals surface area contributed by atoms with E-state index in [4.69, 9.17) is 0 Å². The molecule has 1 fully saturated rings. The highest BCUT2D eigenvalue weighted by Gasteiger charge is 2.20. The number of nitrogens with one attached hydrogen (secondary N) is 1. The Morgan fingerprint density at radius 2 is 2.37 bits per heavy atom. The molecule has 0 radical (unpaired) electrons. The monoisotopic (exact) mass is 259 g/mol. The van der Waals surface area contributed by atoms with E-state index >= 15 is 0 Å². The highest BCUT2D eigenvalue weighted by atomic mass is 15.3. The number of rotatable bonds is 4. The maximum absolute atomic E-state index is 4.68. The predicted octanol–water partition coefficient (Wildman–Crippen LogP) is 1.56. The molecule has 0 aliphatic carbocycles. The maximum atomic E-state index is 4.68. The first-order valence-electron chi connectivity index (χ1n) is 7.13. The summed E-state index contributed by atoms with van der Waals surface area (Å²) in [6.07, 6.45) is 6.35. The third kappa shape index (κ3) is 2.71. The molecule has 5 nitrogen and oxygen atoms in total. The van der Waals surface area contributed by atoms with Crippen molar-refractivity contribution in [2.45, 2.75) is 19.8 Å². The largest absolute Gasteiger partial charge is 0.356 e. The molecule has 1 atom stereocenters. The number of fused-ring (bicyclic) bond motifs is 1. The Balaban J connectivity index is 1.73. The van der Waals surface area contributed by atoms with Crippen LogP contribution >= 0.6 is 0 Å². The molecular weight excluding hydrogens is 238 g/mol. The third-order valence-corrected chi connectivity index (χ3v) is 3.77. The summed E-state index contributed by atoms with van der Waals surface area (Å²) >= 11 is 0. The van der Waals surface area contributed by atoms with Crippen molar-refractivity contribution >= 4 is 11.5 Å². The van der Waals surface area contributed by atoms with E-state index < -0.39 is 0 Å². The van der Waals surface area contributed by atoms with E-state index in [1.165, 1.54) is 12.8 Å². The summed E-state index contributed by atoms with van der Waals surface area (Å²) in [5, 5.41) is 7.64. The van der Waals surface area contributed by atoms with Crippen molar-refractivity contribution in [3.05, 3.63) is 24.5 Å². The van der Waals surface area contributed by atoms with Gasteiger partial charge in [0.15, 0.2) is 5.65 Å². The second-order valence-corrected chi connectivity index (χ2v) is 5.18. The summed E-state index contributed by atoms with van der Waals surface area (Å²) < 4.78 is 1.81. The molecule has 1 unspecified atom stereocenters. The lowest BCUT2D eigenvalue weighted by Crippen LogP contribution is -2.40. The number of hydrogen-bond donors (Lipinski definition) is 1. The Labute approximate surface area is 113 Å². The normalized spacial score (nSPS) is 20.1. The molecule has 3 heterocycles. The van der Waals surface area contributed by atoms with Crippen LogP contribution < -0.4 is 10.2 Å². The second-order valence-electron chi connectivity index (χ2n) is 5.18. The minimum atomic E-state index is 0.733. The zero-order valence-corrected chi connectivity index (χ0v) is 11.4. The number of hydrogen-bond acceptors (Lipinski definition) is 4. The zero-order valence-electron chi connectivity index (χ0n) is 11.4. The smallest absolute Gasteiger partial charge is 0.157 e. The molecule has 0 aromatic carbocycles. The van der Waals surface area contributed by atoms with Gasteiger partial charge in [-0.3, -0.25) is 0 Å². The quantitative estimate of drug-likeness (QED) is 0.905. The van der Waals surface area contributed by atoms with E-state index in [0.29, 0.717) is 0 Å². The molecule has 5 heteroatoms. The van der Waals surface area contributed by atoms with E-state index in [-0.39, 0.29) is 0 Å². The van der Waals surface area contributed by atoms with Crippen LogP contribution in [-0.2, 0) is 0 Å². The lowest BCUT2D eigenvalue weighted by atomic mass is 9.98. The summed E-state index contributed by atoms with van der Waals surface area (Å²) in [6, 6.07) is 4.01. The van der Waals surface area contributed by atoms with Crippen molar-refractivity contribution in [3.8, 4) is 0 Å². The van der Waals surface area contributed by atoms with Gasteiger partial charge in [-0.2, -0.15) is 5.10 Å². The Morgan fingerprint density at radius 1 is 1.42 bits per heavy atom. The van der Waals surface area contributed by atoms with E-state index in [0.717, 1.165) is 43.6 Å². The zero-order chi connectivity index (χ0) is 13.1. The molecule has 19 heavy (non-hydrogen) atoms. The Morgan fingerprint density at radius 3 is 3.26 bits per heavy atom. The lowest BCUT2D eigenvalue weighted by molar-refractivity contribution is 0.394. The minimum Gasteiger partial charge on any atom is -0.356 e. The molecule has 0 amide bonds. The van der Waals surface area contributed by atoms with Crippen LogP contribution in [0.3, 0.4) is 0 Å². The van der Waals surface area contributed by atoms with Gasteiger partial charge in [0.1, 0.15) is 5.82 Å². The van der Waals surface area contributed by atoms with Gasteiger partial charge >= 0.3 is 0 Å². The molecular formula is C14H21N5. The number of aromatic nitrogens is 3. The van der Waals surface area contributed by atoms with Crippen molar-refractivity contribution in [2.24, 2.45) is 5.92 Å². The van der Waals surface area contributed by atoms with E-state index in [2.05, 4.69) is 33.3 Å². The average Bonchev–Trinajstić information content (AvgIpc) is 2.92. The number of piperidine rings is 1. The first kappa shape index (κ1) is 12.4. The van der Waals surface area contributed by atoms with Gasteiger partial charge in [0.05, 0.1) is 6.20 Å². The first-order chi connectivity index (χ1) is 9.36.